The van der Waals surface area contributed by atoms with Crippen LogP contribution in [0.1, 0.15) is 12.8 Å². The third-order valence-electron chi connectivity index (χ3n) is 4.19. The normalized spacial score (nSPS) is 21.7. The molecule has 1 aromatic carbocycles. The van der Waals surface area contributed by atoms with Crippen molar-refractivity contribution in [1.82, 2.24) is 5.32 Å². The number of benzene rings is 1. The van der Waals surface area contributed by atoms with E-state index < -0.39 is 0 Å². The number of hydrogen-bond acceptors (Lipinski definition) is 4. The van der Waals surface area contributed by atoms with E-state index in [1.165, 1.54) is 0 Å². The van der Waals surface area contributed by atoms with Gasteiger partial charge in [0, 0.05) is 48.5 Å². The molecule has 2 heterocycles. The summed E-state index contributed by atoms with van der Waals surface area (Å²) in [4.78, 5) is 26.3. The number of hydrogen-bond donors (Lipinski definition) is 2. The number of amides is 2. The van der Waals surface area contributed by atoms with Crippen LogP contribution in [0.5, 0.6) is 0 Å². The molecule has 1 unspecified atom stereocenters. The summed E-state index contributed by atoms with van der Waals surface area (Å²) in [7, 11) is 0. The molecule has 5 nitrogen and oxygen atoms in total. The number of rotatable bonds is 3. The number of nitrogens with one attached hydrogen (secondary N) is 2. The van der Waals surface area contributed by atoms with Gasteiger partial charge in [-0.25, -0.2) is 0 Å². The predicted molar refractivity (Wildman–Crippen MR) is 95.4 cm³/mol. The van der Waals surface area contributed by atoms with Crippen LogP contribution in [-0.4, -0.2) is 43.0 Å². The Balaban J connectivity index is 1.76. The van der Waals surface area contributed by atoms with E-state index in [2.05, 4.69) is 15.5 Å². The molecule has 2 N–H and O–H groups in total. The van der Waals surface area contributed by atoms with Crippen LogP contribution < -0.4 is 15.5 Å². The average molecular weight is 354 g/mol. The van der Waals surface area contributed by atoms with Crippen LogP contribution in [0, 0.1) is 5.92 Å². The fourth-order valence-corrected chi connectivity index (χ4v) is 4.01. The third kappa shape index (κ3) is 4.12. The summed E-state index contributed by atoms with van der Waals surface area (Å²) in [5.74, 6) is 1.73. The highest BCUT2D eigenvalue weighted by atomic mass is 35.5. The van der Waals surface area contributed by atoms with Crippen molar-refractivity contribution in [1.29, 1.82) is 0 Å². The van der Waals surface area contributed by atoms with Gasteiger partial charge in [-0.05, 0) is 24.6 Å². The number of nitrogens with zero attached hydrogens (tertiary/aromatic N) is 1. The fraction of sp³-hybridized carbons (Fsp3) is 0.500. The van der Waals surface area contributed by atoms with Crippen molar-refractivity contribution in [3.8, 4) is 0 Å². The number of anilines is 2. The van der Waals surface area contributed by atoms with Crippen LogP contribution in [0.3, 0.4) is 0 Å². The molecule has 0 spiro atoms. The van der Waals surface area contributed by atoms with Gasteiger partial charge in [-0.2, -0.15) is 11.8 Å². The molecule has 1 atom stereocenters. The van der Waals surface area contributed by atoms with Gasteiger partial charge >= 0.3 is 0 Å². The second-order valence-electron chi connectivity index (χ2n) is 5.79. The van der Waals surface area contributed by atoms with Crippen LogP contribution in [0.25, 0.3) is 0 Å². The molecule has 0 aliphatic carbocycles. The van der Waals surface area contributed by atoms with Gasteiger partial charge < -0.3 is 15.5 Å². The van der Waals surface area contributed by atoms with E-state index in [0.717, 1.165) is 36.0 Å². The van der Waals surface area contributed by atoms with E-state index in [1.807, 2.05) is 23.9 Å². The summed E-state index contributed by atoms with van der Waals surface area (Å²) in [5, 5.41) is 6.33. The van der Waals surface area contributed by atoms with E-state index in [1.54, 1.807) is 6.07 Å². The Morgan fingerprint density at radius 2 is 2.13 bits per heavy atom. The van der Waals surface area contributed by atoms with Gasteiger partial charge in [0.15, 0.2) is 0 Å². The number of halogens is 1. The number of carbonyl (C=O) groups is 2. The standard InChI is InChI=1S/C16H20ClN3O2S/c17-12-1-2-14(20-5-7-23-8-6-20)13(10-12)19-16(22)11-3-4-18-15(21)9-11/h1-2,10-11H,3-9H2,(H,18,21)(H,19,22). The molecule has 0 radical (unpaired) electrons. The minimum absolute atomic E-state index is 0.0595. The van der Waals surface area contributed by atoms with Crippen LogP contribution in [-0.2, 0) is 9.59 Å². The lowest BCUT2D eigenvalue weighted by molar-refractivity contribution is -0.129. The fourth-order valence-electron chi connectivity index (χ4n) is 2.93. The Kier molecular flexibility index (Phi) is 5.33. The van der Waals surface area contributed by atoms with Crippen molar-refractivity contribution in [2.45, 2.75) is 12.8 Å². The van der Waals surface area contributed by atoms with Crippen molar-refractivity contribution in [3.63, 3.8) is 0 Å². The Morgan fingerprint density at radius 1 is 1.35 bits per heavy atom. The summed E-state index contributed by atoms with van der Waals surface area (Å²) >= 11 is 8.05. The molecule has 2 amide bonds. The number of thioether (sulfide) groups is 1. The molecule has 3 rings (SSSR count). The van der Waals surface area contributed by atoms with E-state index in [9.17, 15) is 9.59 Å². The Labute approximate surface area is 145 Å². The van der Waals surface area contributed by atoms with Crippen LogP contribution in [0.4, 0.5) is 11.4 Å². The maximum Gasteiger partial charge on any atom is 0.228 e. The largest absolute Gasteiger partial charge is 0.368 e. The molecular formula is C16H20ClN3O2S. The summed E-state index contributed by atoms with van der Waals surface area (Å²) in [6.45, 7) is 2.48. The number of carbonyl (C=O) groups excluding carboxylic acids is 2. The average Bonchev–Trinajstić information content (AvgIpc) is 2.56. The van der Waals surface area contributed by atoms with Crippen molar-refractivity contribution < 1.29 is 9.59 Å². The Hall–Kier alpha value is -1.40. The van der Waals surface area contributed by atoms with E-state index >= 15 is 0 Å². The second kappa shape index (κ2) is 7.45. The van der Waals surface area contributed by atoms with Gasteiger partial charge in [0.2, 0.25) is 11.8 Å². The van der Waals surface area contributed by atoms with Crippen LogP contribution >= 0.6 is 23.4 Å². The van der Waals surface area contributed by atoms with Crippen molar-refractivity contribution >= 4 is 46.6 Å². The molecule has 124 valence electrons. The minimum atomic E-state index is -0.271. The smallest absolute Gasteiger partial charge is 0.228 e. The molecule has 1 aromatic rings. The molecule has 2 saturated heterocycles. The Morgan fingerprint density at radius 3 is 2.87 bits per heavy atom. The molecule has 2 aliphatic heterocycles. The minimum Gasteiger partial charge on any atom is -0.368 e. The Bertz CT molecular complexity index is 605. The third-order valence-corrected chi connectivity index (χ3v) is 5.36. The summed E-state index contributed by atoms with van der Waals surface area (Å²) < 4.78 is 0. The van der Waals surface area contributed by atoms with Gasteiger partial charge in [-0.1, -0.05) is 11.6 Å². The first-order valence-corrected chi connectivity index (χ1v) is 9.36. The van der Waals surface area contributed by atoms with Crippen molar-refractivity contribution in [2.24, 2.45) is 5.92 Å². The summed E-state index contributed by atoms with van der Waals surface area (Å²) in [6, 6.07) is 5.60. The van der Waals surface area contributed by atoms with E-state index in [0.29, 0.717) is 18.0 Å². The first-order chi connectivity index (χ1) is 11.1. The summed E-state index contributed by atoms with van der Waals surface area (Å²) in [6.07, 6.45) is 0.927. The molecule has 2 aliphatic rings. The van der Waals surface area contributed by atoms with Crippen molar-refractivity contribution in [2.75, 3.05) is 41.4 Å². The van der Waals surface area contributed by atoms with Gasteiger partial charge in [-0.3, -0.25) is 9.59 Å². The first-order valence-electron chi connectivity index (χ1n) is 7.83. The lowest BCUT2D eigenvalue weighted by Gasteiger charge is -2.31. The molecule has 0 aromatic heterocycles. The molecule has 0 saturated carbocycles. The van der Waals surface area contributed by atoms with Crippen LogP contribution in [0.15, 0.2) is 18.2 Å². The lowest BCUT2D eigenvalue weighted by Crippen LogP contribution is -2.39. The first kappa shape index (κ1) is 16.5. The van der Waals surface area contributed by atoms with E-state index in [4.69, 9.17) is 11.6 Å². The predicted octanol–water partition coefficient (Wildman–Crippen LogP) is 2.36. The zero-order valence-electron chi connectivity index (χ0n) is 12.8. The quantitative estimate of drug-likeness (QED) is 0.875. The molecule has 23 heavy (non-hydrogen) atoms. The maximum atomic E-state index is 12.5. The second-order valence-corrected chi connectivity index (χ2v) is 7.45. The topological polar surface area (TPSA) is 61.4 Å². The monoisotopic (exact) mass is 353 g/mol. The highest BCUT2D eigenvalue weighted by molar-refractivity contribution is 7.99. The SMILES string of the molecule is O=C1CC(C(=O)Nc2cc(Cl)ccc2N2CCSCC2)CCN1. The molecule has 7 heteroatoms. The summed E-state index contributed by atoms with van der Waals surface area (Å²) in [5.41, 5.74) is 1.74. The number of piperidine rings is 1. The van der Waals surface area contributed by atoms with Gasteiger partial charge in [0.1, 0.15) is 0 Å². The van der Waals surface area contributed by atoms with E-state index in [-0.39, 0.29) is 24.2 Å². The van der Waals surface area contributed by atoms with Gasteiger partial charge in [0.05, 0.1) is 11.4 Å². The van der Waals surface area contributed by atoms with Gasteiger partial charge in [0.25, 0.3) is 0 Å². The molecule has 2 fully saturated rings. The highest BCUT2D eigenvalue weighted by Gasteiger charge is 2.26. The maximum absolute atomic E-state index is 12.5. The van der Waals surface area contributed by atoms with Crippen molar-refractivity contribution in [3.05, 3.63) is 23.2 Å². The molecule has 0 bridgehead atoms. The zero-order chi connectivity index (χ0) is 16.2. The highest BCUT2D eigenvalue weighted by Crippen LogP contribution is 2.31. The molecular weight excluding hydrogens is 334 g/mol. The zero-order valence-corrected chi connectivity index (χ0v) is 14.4. The lowest BCUT2D eigenvalue weighted by atomic mass is 9.96. The van der Waals surface area contributed by atoms with Gasteiger partial charge in [-0.15, -0.1) is 0 Å². The van der Waals surface area contributed by atoms with Crippen LogP contribution in [0.2, 0.25) is 5.02 Å².